The van der Waals surface area contributed by atoms with Crippen molar-refractivity contribution in [3.05, 3.63) is 41.4 Å². The summed E-state index contributed by atoms with van der Waals surface area (Å²) in [6.45, 7) is -0.0338. The molecule has 3 N–H and O–H groups in total. The Balaban J connectivity index is 1.87. The number of fused-ring (bicyclic) bond motifs is 1. The summed E-state index contributed by atoms with van der Waals surface area (Å²) in [5.74, 6) is 0.589. The Morgan fingerprint density at radius 1 is 1.21 bits per heavy atom. The van der Waals surface area contributed by atoms with Gasteiger partial charge in [0.25, 0.3) is 0 Å². The van der Waals surface area contributed by atoms with Gasteiger partial charge < -0.3 is 20.3 Å². The van der Waals surface area contributed by atoms with Crippen molar-refractivity contribution in [3.8, 4) is 11.4 Å². The van der Waals surface area contributed by atoms with Crippen LogP contribution >= 0.6 is 11.6 Å². The summed E-state index contributed by atoms with van der Waals surface area (Å²) < 4.78 is 5.14. The molecule has 0 bridgehead atoms. The first-order valence-corrected chi connectivity index (χ1v) is 7.72. The Kier molecular flexibility index (Phi) is 4.84. The Hall–Kier alpha value is -2.35. The van der Waals surface area contributed by atoms with Crippen molar-refractivity contribution in [2.45, 2.75) is 6.10 Å². The predicted molar refractivity (Wildman–Crippen MR) is 92.0 cm³/mol. The van der Waals surface area contributed by atoms with Crippen molar-refractivity contribution >= 4 is 28.3 Å². The highest BCUT2D eigenvalue weighted by molar-refractivity contribution is 6.32. The van der Waals surface area contributed by atoms with Crippen LogP contribution in [0.4, 0.5) is 5.69 Å². The molecule has 1 heterocycles. The molecule has 3 rings (SSSR count). The lowest BCUT2D eigenvalue weighted by Crippen LogP contribution is -2.22. The maximum atomic E-state index is 9.39. The Labute approximate surface area is 143 Å². The van der Waals surface area contributed by atoms with Gasteiger partial charge in [0.05, 0.1) is 30.5 Å². The number of aliphatic hydroxyl groups is 2. The van der Waals surface area contributed by atoms with E-state index in [9.17, 15) is 5.11 Å². The molecule has 0 saturated heterocycles. The van der Waals surface area contributed by atoms with Crippen LogP contribution in [-0.4, -0.2) is 51.6 Å². The van der Waals surface area contributed by atoms with Crippen molar-refractivity contribution < 1.29 is 14.9 Å². The Morgan fingerprint density at radius 2 is 2.00 bits per heavy atom. The van der Waals surface area contributed by atoms with Crippen LogP contribution in [0.3, 0.4) is 0 Å². The van der Waals surface area contributed by atoms with Crippen molar-refractivity contribution in [1.82, 2.24) is 15.0 Å². The number of aliphatic hydroxyl groups excluding tert-OH is 2. The fourth-order valence-corrected chi connectivity index (χ4v) is 2.47. The minimum absolute atomic E-state index is 0.254. The number of aromatic nitrogens is 3. The van der Waals surface area contributed by atoms with Gasteiger partial charge in [-0.2, -0.15) is 4.80 Å². The molecule has 1 aromatic heterocycles. The maximum absolute atomic E-state index is 9.39. The lowest BCUT2D eigenvalue weighted by molar-refractivity contribution is 0.105. The lowest BCUT2D eigenvalue weighted by atomic mass is 10.2. The summed E-state index contributed by atoms with van der Waals surface area (Å²) >= 11 is 6.14. The number of nitrogens with one attached hydrogen (secondary N) is 1. The van der Waals surface area contributed by atoms with Crippen LogP contribution in [0.5, 0.6) is 5.75 Å². The Morgan fingerprint density at radius 3 is 2.71 bits per heavy atom. The molecule has 126 valence electrons. The molecule has 24 heavy (non-hydrogen) atoms. The summed E-state index contributed by atoms with van der Waals surface area (Å²) in [4.78, 5) is 1.50. The number of rotatable bonds is 6. The largest absolute Gasteiger partial charge is 0.495 e. The van der Waals surface area contributed by atoms with Crippen LogP contribution in [0, 0.1) is 0 Å². The van der Waals surface area contributed by atoms with Gasteiger partial charge in [-0.3, -0.25) is 0 Å². The minimum Gasteiger partial charge on any atom is -0.495 e. The molecule has 0 fully saturated rings. The van der Waals surface area contributed by atoms with E-state index in [1.807, 2.05) is 24.3 Å². The van der Waals surface area contributed by atoms with Gasteiger partial charge in [-0.05, 0) is 36.4 Å². The summed E-state index contributed by atoms with van der Waals surface area (Å²) in [6, 6.07) is 10.8. The molecule has 3 aromatic rings. The topological polar surface area (TPSA) is 92.4 Å². The summed E-state index contributed by atoms with van der Waals surface area (Å²) in [7, 11) is 1.56. The normalized spacial score (nSPS) is 12.3. The zero-order valence-corrected chi connectivity index (χ0v) is 13.7. The summed E-state index contributed by atoms with van der Waals surface area (Å²) in [5, 5.41) is 30.6. The third-order valence-corrected chi connectivity index (χ3v) is 3.79. The molecule has 0 aliphatic heterocycles. The number of halogens is 1. The number of benzene rings is 2. The van der Waals surface area contributed by atoms with E-state index < -0.39 is 6.10 Å². The average Bonchev–Trinajstić information content (AvgIpc) is 3.02. The zero-order valence-electron chi connectivity index (χ0n) is 13.0. The van der Waals surface area contributed by atoms with Crippen LogP contribution in [0.2, 0.25) is 5.02 Å². The number of hydrogen-bond acceptors (Lipinski definition) is 6. The molecule has 0 aliphatic rings. The van der Waals surface area contributed by atoms with Crippen LogP contribution in [0.25, 0.3) is 16.7 Å². The second-order valence-electron chi connectivity index (χ2n) is 5.23. The quantitative estimate of drug-likeness (QED) is 0.629. The van der Waals surface area contributed by atoms with E-state index >= 15 is 0 Å². The van der Waals surface area contributed by atoms with Gasteiger partial charge in [0.15, 0.2) is 0 Å². The molecule has 0 amide bonds. The molecule has 7 nitrogen and oxygen atoms in total. The van der Waals surface area contributed by atoms with Crippen molar-refractivity contribution in [1.29, 1.82) is 0 Å². The number of nitrogens with zero attached hydrogens (tertiary/aromatic N) is 3. The van der Waals surface area contributed by atoms with Gasteiger partial charge in [0.2, 0.25) is 0 Å². The monoisotopic (exact) mass is 348 g/mol. The second kappa shape index (κ2) is 7.04. The van der Waals surface area contributed by atoms with Gasteiger partial charge in [-0.25, -0.2) is 0 Å². The van der Waals surface area contributed by atoms with Gasteiger partial charge in [-0.15, -0.1) is 10.2 Å². The zero-order chi connectivity index (χ0) is 17.1. The molecule has 8 heteroatoms. The number of ether oxygens (including phenoxy) is 1. The lowest BCUT2D eigenvalue weighted by Gasteiger charge is -2.09. The SMILES string of the molecule is COc1ccc(-n2nc3ccc(NCC(O)CO)cc3n2)cc1Cl. The molecule has 1 atom stereocenters. The van der Waals surface area contributed by atoms with Gasteiger partial charge in [-0.1, -0.05) is 11.6 Å². The van der Waals surface area contributed by atoms with E-state index in [0.29, 0.717) is 16.3 Å². The predicted octanol–water partition coefficient (Wildman–Crippen LogP) is 1.85. The molecule has 0 radical (unpaired) electrons. The first kappa shape index (κ1) is 16.5. The maximum Gasteiger partial charge on any atom is 0.137 e. The van der Waals surface area contributed by atoms with Gasteiger partial charge in [0, 0.05) is 12.2 Å². The van der Waals surface area contributed by atoms with Crippen LogP contribution in [-0.2, 0) is 0 Å². The van der Waals surface area contributed by atoms with Crippen LogP contribution in [0.15, 0.2) is 36.4 Å². The molecule has 0 aliphatic carbocycles. The number of anilines is 1. The fourth-order valence-electron chi connectivity index (χ4n) is 2.22. The highest BCUT2D eigenvalue weighted by Crippen LogP contribution is 2.26. The van der Waals surface area contributed by atoms with Crippen LogP contribution < -0.4 is 10.1 Å². The van der Waals surface area contributed by atoms with E-state index in [0.717, 1.165) is 16.9 Å². The average molecular weight is 349 g/mol. The standard InChI is InChI=1S/C16H17ClN4O3/c1-24-16-5-3-11(7-13(16)17)21-19-14-4-2-10(6-15(14)20-21)18-8-12(23)9-22/h2-7,12,18,22-23H,8-9H2,1H3. The van der Waals surface area contributed by atoms with Crippen molar-refractivity contribution in [2.24, 2.45) is 0 Å². The third kappa shape index (κ3) is 3.43. The fraction of sp³-hybridized carbons (Fsp3) is 0.250. The van der Waals surface area contributed by atoms with Gasteiger partial charge in [0.1, 0.15) is 16.8 Å². The van der Waals surface area contributed by atoms with Crippen LogP contribution in [0.1, 0.15) is 0 Å². The minimum atomic E-state index is -0.808. The summed E-state index contributed by atoms with van der Waals surface area (Å²) in [6.07, 6.45) is -0.808. The first-order valence-electron chi connectivity index (χ1n) is 7.34. The Bertz CT molecular complexity index is 852. The third-order valence-electron chi connectivity index (χ3n) is 3.50. The molecular weight excluding hydrogens is 332 g/mol. The molecule has 0 saturated carbocycles. The van der Waals surface area contributed by atoms with E-state index in [1.165, 1.54) is 4.80 Å². The smallest absolute Gasteiger partial charge is 0.137 e. The number of hydrogen-bond donors (Lipinski definition) is 3. The van der Waals surface area contributed by atoms with E-state index in [2.05, 4.69) is 15.5 Å². The molecule has 1 unspecified atom stereocenters. The summed E-state index contributed by atoms with van der Waals surface area (Å²) in [5.41, 5.74) is 2.94. The first-order chi connectivity index (χ1) is 11.6. The molecule has 0 spiro atoms. The number of methoxy groups -OCH3 is 1. The van der Waals surface area contributed by atoms with E-state index in [1.54, 1.807) is 19.2 Å². The highest BCUT2D eigenvalue weighted by Gasteiger charge is 2.09. The van der Waals surface area contributed by atoms with Crippen molar-refractivity contribution in [2.75, 3.05) is 25.6 Å². The van der Waals surface area contributed by atoms with Gasteiger partial charge >= 0.3 is 0 Å². The molecular formula is C16H17ClN4O3. The second-order valence-corrected chi connectivity index (χ2v) is 5.64. The molecule has 2 aromatic carbocycles. The highest BCUT2D eigenvalue weighted by atomic mass is 35.5. The van der Waals surface area contributed by atoms with E-state index in [-0.39, 0.29) is 13.2 Å². The van der Waals surface area contributed by atoms with E-state index in [4.69, 9.17) is 21.4 Å². The van der Waals surface area contributed by atoms with Crippen molar-refractivity contribution in [3.63, 3.8) is 0 Å².